The summed E-state index contributed by atoms with van der Waals surface area (Å²) in [5.74, 6) is 0.00525. The maximum absolute atomic E-state index is 12.1. The second kappa shape index (κ2) is 5.81. The van der Waals surface area contributed by atoms with Crippen LogP contribution >= 0.6 is 0 Å². The fourth-order valence-electron chi connectivity index (χ4n) is 2.47. The van der Waals surface area contributed by atoms with Crippen molar-refractivity contribution in [2.75, 3.05) is 12.4 Å². The Hall–Kier alpha value is -1.93. The molecule has 1 aliphatic rings. The van der Waals surface area contributed by atoms with Crippen LogP contribution in [0.2, 0.25) is 0 Å². The number of nitrogens with one attached hydrogen (secondary N) is 2. The van der Waals surface area contributed by atoms with E-state index in [1.54, 1.807) is 25.5 Å². The van der Waals surface area contributed by atoms with Crippen LogP contribution in [0.1, 0.15) is 25.7 Å². The molecule has 19 heavy (non-hydrogen) atoms. The smallest absolute Gasteiger partial charge is 0.227 e. The second-order valence-corrected chi connectivity index (χ2v) is 4.95. The van der Waals surface area contributed by atoms with Crippen LogP contribution in [0.25, 0.3) is 0 Å². The summed E-state index contributed by atoms with van der Waals surface area (Å²) in [5.41, 5.74) is 0.267. The van der Waals surface area contributed by atoms with Gasteiger partial charge in [0.2, 0.25) is 5.91 Å². The number of hydrogen-bond acceptors (Lipinski definition) is 4. The van der Waals surface area contributed by atoms with Crippen molar-refractivity contribution in [1.29, 1.82) is 5.26 Å². The quantitative estimate of drug-likeness (QED) is 0.865. The average molecular weight is 258 g/mol. The van der Waals surface area contributed by atoms with Gasteiger partial charge in [-0.05, 0) is 44.9 Å². The van der Waals surface area contributed by atoms with E-state index >= 15 is 0 Å². The van der Waals surface area contributed by atoms with E-state index in [0.717, 1.165) is 18.5 Å². The molecule has 1 fully saturated rings. The Labute approximate surface area is 113 Å². The van der Waals surface area contributed by atoms with Crippen LogP contribution in [0.4, 0.5) is 5.69 Å². The maximum atomic E-state index is 12.1. The van der Waals surface area contributed by atoms with Crippen molar-refractivity contribution in [3.8, 4) is 6.07 Å². The van der Waals surface area contributed by atoms with E-state index in [0.29, 0.717) is 12.8 Å². The summed E-state index contributed by atoms with van der Waals surface area (Å²) in [5, 5.41) is 15.1. The van der Waals surface area contributed by atoms with Gasteiger partial charge in [0.25, 0.3) is 0 Å². The van der Waals surface area contributed by atoms with Crippen molar-refractivity contribution < 1.29 is 4.79 Å². The lowest BCUT2D eigenvalue weighted by Gasteiger charge is -2.33. The van der Waals surface area contributed by atoms with Gasteiger partial charge in [0, 0.05) is 12.1 Å². The monoisotopic (exact) mass is 258 g/mol. The Kier molecular flexibility index (Phi) is 4.13. The van der Waals surface area contributed by atoms with Crippen molar-refractivity contribution in [1.82, 2.24) is 10.3 Å². The zero-order chi connectivity index (χ0) is 13.7. The Morgan fingerprint density at radius 2 is 2.26 bits per heavy atom. The number of nitrogens with zero attached hydrogens (tertiary/aromatic N) is 2. The highest BCUT2D eigenvalue weighted by Crippen LogP contribution is 2.32. The highest BCUT2D eigenvalue weighted by molar-refractivity contribution is 5.92. The third-order valence-electron chi connectivity index (χ3n) is 3.83. The number of anilines is 1. The van der Waals surface area contributed by atoms with E-state index in [4.69, 9.17) is 0 Å². The van der Waals surface area contributed by atoms with Crippen molar-refractivity contribution in [3.63, 3.8) is 0 Å². The lowest BCUT2D eigenvalue weighted by Crippen LogP contribution is -2.46. The number of carbonyl (C=O) groups excluding carboxylic acids is 1. The van der Waals surface area contributed by atoms with Gasteiger partial charge in [-0.1, -0.05) is 0 Å². The first kappa shape index (κ1) is 13.5. The summed E-state index contributed by atoms with van der Waals surface area (Å²) in [6, 6.07) is 5.93. The molecule has 5 heteroatoms. The fraction of sp³-hybridized carbons (Fsp3) is 0.500. The highest BCUT2D eigenvalue weighted by atomic mass is 16.1. The summed E-state index contributed by atoms with van der Waals surface area (Å²) < 4.78 is 0. The number of nitriles is 1. The Balaban J connectivity index is 1.92. The van der Waals surface area contributed by atoms with Gasteiger partial charge in [0.1, 0.15) is 5.54 Å². The van der Waals surface area contributed by atoms with E-state index < -0.39 is 5.54 Å². The number of hydrogen-bond donors (Lipinski definition) is 2. The van der Waals surface area contributed by atoms with Crippen LogP contribution in [0, 0.1) is 17.2 Å². The van der Waals surface area contributed by atoms with Gasteiger partial charge in [-0.2, -0.15) is 5.26 Å². The largest absolute Gasteiger partial charge is 0.324 e. The molecule has 1 aromatic rings. The first-order chi connectivity index (χ1) is 9.19. The first-order valence-electron chi connectivity index (χ1n) is 6.50. The van der Waals surface area contributed by atoms with E-state index in [-0.39, 0.29) is 11.8 Å². The van der Waals surface area contributed by atoms with Crippen molar-refractivity contribution >= 4 is 11.6 Å². The Bertz CT molecular complexity index is 472. The van der Waals surface area contributed by atoms with Crippen LogP contribution in [0.3, 0.4) is 0 Å². The molecule has 2 rings (SSSR count). The molecule has 0 radical (unpaired) electrons. The second-order valence-electron chi connectivity index (χ2n) is 4.95. The van der Waals surface area contributed by atoms with Gasteiger partial charge in [0.15, 0.2) is 0 Å². The predicted molar refractivity (Wildman–Crippen MR) is 72.2 cm³/mol. The molecule has 0 aliphatic heterocycles. The third-order valence-corrected chi connectivity index (χ3v) is 3.83. The van der Waals surface area contributed by atoms with Crippen LogP contribution in [-0.2, 0) is 4.79 Å². The molecule has 100 valence electrons. The molecule has 0 bridgehead atoms. The van der Waals surface area contributed by atoms with E-state index in [1.807, 2.05) is 6.07 Å². The average Bonchev–Trinajstić information content (AvgIpc) is 2.48. The predicted octanol–water partition coefficient (Wildman–Crippen LogP) is 1.69. The number of aromatic nitrogens is 1. The van der Waals surface area contributed by atoms with E-state index in [1.165, 1.54) is 0 Å². The lowest BCUT2D eigenvalue weighted by molar-refractivity contribution is -0.121. The number of carbonyl (C=O) groups is 1. The van der Waals surface area contributed by atoms with Gasteiger partial charge in [0.05, 0.1) is 18.0 Å². The standard InChI is InChI=1S/C14H18N4O/c1-16-14(10-15)6-4-11(5-7-14)13(19)18-12-3-2-8-17-9-12/h2-3,8-9,11,16H,4-7H2,1H3,(H,18,19). The minimum Gasteiger partial charge on any atom is -0.324 e. The molecule has 1 amide bonds. The van der Waals surface area contributed by atoms with Crippen LogP contribution in [0.5, 0.6) is 0 Å². The van der Waals surface area contributed by atoms with Crippen LogP contribution in [-0.4, -0.2) is 23.5 Å². The highest BCUT2D eigenvalue weighted by Gasteiger charge is 2.36. The molecule has 5 nitrogen and oxygen atoms in total. The summed E-state index contributed by atoms with van der Waals surface area (Å²) in [4.78, 5) is 16.1. The van der Waals surface area contributed by atoms with E-state index in [2.05, 4.69) is 21.7 Å². The molecule has 0 unspecified atom stereocenters. The van der Waals surface area contributed by atoms with Gasteiger partial charge < -0.3 is 10.6 Å². The summed E-state index contributed by atoms with van der Waals surface area (Å²) >= 11 is 0. The minimum atomic E-state index is -0.453. The number of amides is 1. The maximum Gasteiger partial charge on any atom is 0.227 e. The SMILES string of the molecule is CNC1(C#N)CCC(C(=O)Nc2cccnc2)CC1. The molecular formula is C14H18N4O. The van der Waals surface area contributed by atoms with E-state index in [9.17, 15) is 10.1 Å². The van der Waals surface area contributed by atoms with Gasteiger partial charge in [-0.3, -0.25) is 9.78 Å². The van der Waals surface area contributed by atoms with Gasteiger partial charge in [-0.15, -0.1) is 0 Å². The summed E-state index contributed by atoms with van der Waals surface area (Å²) in [6.45, 7) is 0. The Morgan fingerprint density at radius 1 is 1.53 bits per heavy atom. The molecule has 2 N–H and O–H groups in total. The topological polar surface area (TPSA) is 77.8 Å². The van der Waals surface area contributed by atoms with Crippen LogP contribution in [0.15, 0.2) is 24.5 Å². The number of rotatable bonds is 3. The number of pyridine rings is 1. The molecule has 1 aromatic heterocycles. The van der Waals surface area contributed by atoms with Gasteiger partial charge in [-0.25, -0.2) is 0 Å². The summed E-state index contributed by atoms with van der Waals surface area (Å²) in [6.07, 6.45) is 6.20. The molecule has 1 aliphatic carbocycles. The Morgan fingerprint density at radius 3 is 2.79 bits per heavy atom. The molecular weight excluding hydrogens is 240 g/mol. The molecule has 0 saturated heterocycles. The molecule has 0 spiro atoms. The lowest BCUT2D eigenvalue weighted by atomic mass is 9.77. The normalized spacial score (nSPS) is 26.4. The third kappa shape index (κ3) is 3.09. The van der Waals surface area contributed by atoms with Crippen molar-refractivity contribution in [2.24, 2.45) is 5.92 Å². The minimum absolute atomic E-state index is 0.0185. The zero-order valence-corrected chi connectivity index (χ0v) is 11.0. The molecule has 1 saturated carbocycles. The fourth-order valence-corrected chi connectivity index (χ4v) is 2.47. The molecule has 0 aromatic carbocycles. The van der Waals surface area contributed by atoms with Gasteiger partial charge >= 0.3 is 0 Å². The zero-order valence-electron chi connectivity index (χ0n) is 11.0. The summed E-state index contributed by atoms with van der Waals surface area (Å²) in [7, 11) is 1.80. The first-order valence-corrected chi connectivity index (χ1v) is 6.50. The van der Waals surface area contributed by atoms with Crippen LogP contribution < -0.4 is 10.6 Å². The van der Waals surface area contributed by atoms with Crippen molar-refractivity contribution in [3.05, 3.63) is 24.5 Å². The molecule has 0 atom stereocenters. The molecule has 1 heterocycles. The van der Waals surface area contributed by atoms with Crippen molar-refractivity contribution in [2.45, 2.75) is 31.2 Å².